The number of aromatic nitrogens is 3. The number of nitrogens with zero attached hydrogens (tertiary/aromatic N) is 5. The van der Waals surface area contributed by atoms with E-state index < -0.39 is 22.8 Å². The van der Waals surface area contributed by atoms with E-state index in [1.807, 2.05) is 0 Å². The van der Waals surface area contributed by atoms with Crippen LogP contribution in [-0.4, -0.2) is 53.9 Å². The fraction of sp³-hybridized carbons (Fsp3) is 0.444. The van der Waals surface area contributed by atoms with E-state index >= 15 is 0 Å². The number of hydrogen-bond acceptors (Lipinski definition) is 6. The van der Waals surface area contributed by atoms with Gasteiger partial charge in [0.05, 0.1) is 16.8 Å². The van der Waals surface area contributed by atoms with Crippen molar-refractivity contribution >= 4 is 17.6 Å². The highest BCUT2D eigenvalue weighted by molar-refractivity contribution is 5.95. The number of aliphatic carboxylic acids is 1. The number of nitro benzene ring substituents is 1. The number of carboxylic acids is 1. The fourth-order valence-corrected chi connectivity index (χ4v) is 4.34. The number of non-ortho nitro benzene ring substituents is 1. The van der Waals surface area contributed by atoms with Crippen LogP contribution in [0.3, 0.4) is 0 Å². The zero-order chi connectivity index (χ0) is 19.8. The topological polar surface area (TPSA) is 131 Å². The predicted octanol–water partition coefficient (Wildman–Crippen LogP) is 2.03. The number of amides is 1. The summed E-state index contributed by atoms with van der Waals surface area (Å²) in [5.74, 6) is -1.27. The lowest BCUT2D eigenvalue weighted by Crippen LogP contribution is -2.46. The molecule has 1 aromatic carbocycles. The summed E-state index contributed by atoms with van der Waals surface area (Å²) in [7, 11) is 0. The maximum Gasteiger partial charge on any atom is 0.326 e. The van der Waals surface area contributed by atoms with Crippen LogP contribution in [0.5, 0.6) is 0 Å². The van der Waals surface area contributed by atoms with E-state index in [0.717, 1.165) is 25.7 Å². The van der Waals surface area contributed by atoms with E-state index in [9.17, 15) is 24.8 Å². The Morgan fingerprint density at radius 2 is 2.04 bits per heavy atom. The number of benzene rings is 1. The molecule has 1 aliphatic heterocycles. The molecule has 2 aliphatic rings. The summed E-state index contributed by atoms with van der Waals surface area (Å²) in [4.78, 5) is 36.7. The third kappa shape index (κ3) is 3.10. The molecule has 0 radical (unpaired) electrons. The molecule has 146 valence electrons. The average molecular weight is 385 g/mol. The Bertz CT molecular complexity index is 942. The van der Waals surface area contributed by atoms with Crippen molar-refractivity contribution in [1.82, 2.24) is 19.9 Å². The van der Waals surface area contributed by atoms with Crippen molar-refractivity contribution in [1.29, 1.82) is 0 Å². The highest BCUT2D eigenvalue weighted by atomic mass is 16.6. The third-order valence-corrected chi connectivity index (χ3v) is 5.63. The highest BCUT2D eigenvalue weighted by Crippen LogP contribution is 2.40. The highest BCUT2D eigenvalue weighted by Gasteiger charge is 2.48. The van der Waals surface area contributed by atoms with Gasteiger partial charge in [-0.25, -0.2) is 9.48 Å². The number of likely N-dealkylation sites (tertiary alicyclic amines) is 1. The average Bonchev–Trinajstić information content (AvgIpc) is 3.33. The van der Waals surface area contributed by atoms with Gasteiger partial charge in [0, 0.05) is 18.2 Å². The van der Waals surface area contributed by atoms with E-state index in [1.165, 1.54) is 34.0 Å². The van der Waals surface area contributed by atoms with Crippen LogP contribution in [-0.2, 0) is 4.79 Å². The van der Waals surface area contributed by atoms with Crippen molar-refractivity contribution in [2.24, 2.45) is 5.92 Å². The molecule has 2 fully saturated rings. The second kappa shape index (κ2) is 7.02. The van der Waals surface area contributed by atoms with Crippen LogP contribution in [0.1, 0.15) is 42.6 Å². The molecule has 0 spiro atoms. The summed E-state index contributed by atoms with van der Waals surface area (Å²) in [5, 5.41) is 28.3. The summed E-state index contributed by atoms with van der Waals surface area (Å²) in [5.41, 5.74) is 0.327. The molecule has 10 heteroatoms. The molecular formula is C18H19N5O5. The van der Waals surface area contributed by atoms with Crippen LogP contribution >= 0.6 is 0 Å². The minimum Gasteiger partial charge on any atom is -0.480 e. The number of fused-ring (bicyclic) bond motifs is 1. The standard InChI is InChI=1S/C18H19N5O5/c24-17(22-15-7-2-1-4-11(15)8-16(22)18(25)26)14-10-21(20-19-14)12-5-3-6-13(9-12)23(27)28/h3,5-6,9-11,15-16H,1-2,4,7-8H2,(H,25,26). The molecule has 1 saturated carbocycles. The Morgan fingerprint density at radius 3 is 2.79 bits per heavy atom. The summed E-state index contributed by atoms with van der Waals surface area (Å²) < 4.78 is 1.28. The van der Waals surface area contributed by atoms with Crippen molar-refractivity contribution in [3.63, 3.8) is 0 Å². The molecule has 1 saturated heterocycles. The lowest BCUT2D eigenvalue weighted by atomic mass is 9.84. The van der Waals surface area contributed by atoms with Crippen LogP contribution in [0.4, 0.5) is 5.69 Å². The zero-order valence-electron chi connectivity index (χ0n) is 15.0. The summed E-state index contributed by atoms with van der Waals surface area (Å²) in [6.45, 7) is 0. The van der Waals surface area contributed by atoms with Gasteiger partial charge in [0.1, 0.15) is 6.04 Å². The monoisotopic (exact) mass is 385 g/mol. The Kier molecular flexibility index (Phi) is 4.54. The Hall–Kier alpha value is -3.30. The van der Waals surface area contributed by atoms with Gasteiger partial charge in [-0.2, -0.15) is 0 Å². The van der Waals surface area contributed by atoms with Gasteiger partial charge in [-0.05, 0) is 31.2 Å². The molecule has 10 nitrogen and oxygen atoms in total. The normalized spacial score (nSPS) is 24.0. The summed E-state index contributed by atoms with van der Waals surface area (Å²) >= 11 is 0. The van der Waals surface area contributed by atoms with Gasteiger partial charge in [-0.1, -0.05) is 24.1 Å². The van der Waals surface area contributed by atoms with E-state index in [-0.39, 0.29) is 23.3 Å². The van der Waals surface area contributed by atoms with Crippen molar-refractivity contribution < 1.29 is 19.6 Å². The van der Waals surface area contributed by atoms with E-state index in [2.05, 4.69) is 10.3 Å². The zero-order valence-corrected chi connectivity index (χ0v) is 15.0. The number of rotatable bonds is 4. The number of carboxylic acid groups (broad SMARTS) is 1. The van der Waals surface area contributed by atoms with E-state index in [4.69, 9.17) is 0 Å². The van der Waals surface area contributed by atoms with E-state index in [0.29, 0.717) is 12.1 Å². The maximum absolute atomic E-state index is 13.1. The van der Waals surface area contributed by atoms with Crippen LogP contribution in [0, 0.1) is 16.0 Å². The van der Waals surface area contributed by atoms with E-state index in [1.54, 1.807) is 6.07 Å². The van der Waals surface area contributed by atoms with Crippen LogP contribution in [0.2, 0.25) is 0 Å². The second-order valence-corrected chi connectivity index (χ2v) is 7.24. The molecule has 1 N–H and O–H groups in total. The minimum atomic E-state index is -1.01. The second-order valence-electron chi connectivity index (χ2n) is 7.24. The molecule has 1 amide bonds. The Morgan fingerprint density at radius 1 is 1.25 bits per heavy atom. The van der Waals surface area contributed by atoms with Gasteiger partial charge < -0.3 is 10.0 Å². The molecule has 2 heterocycles. The first kappa shape index (κ1) is 18.1. The molecule has 3 atom stereocenters. The number of carbonyl (C=O) groups excluding carboxylic acids is 1. The Balaban J connectivity index is 1.62. The smallest absolute Gasteiger partial charge is 0.326 e. The summed E-state index contributed by atoms with van der Waals surface area (Å²) in [6, 6.07) is 4.87. The van der Waals surface area contributed by atoms with Gasteiger partial charge in [0.25, 0.3) is 11.6 Å². The first-order chi connectivity index (χ1) is 13.5. The molecule has 3 unspecified atom stereocenters. The third-order valence-electron chi connectivity index (χ3n) is 5.63. The SMILES string of the molecule is O=C(O)C1CC2CCCCC2N1C(=O)c1cn(-c2cccc([N+](=O)[O-])c2)nn1. The lowest BCUT2D eigenvalue weighted by molar-refractivity contribution is -0.384. The van der Waals surface area contributed by atoms with Crippen molar-refractivity contribution in [2.75, 3.05) is 0 Å². The molecule has 28 heavy (non-hydrogen) atoms. The molecule has 2 aromatic rings. The van der Waals surface area contributed by atoms with Crippen LogP contribution < -0.4 is 0 Å². The molecule has 4 rings (SSSR count). The summed E-state index contributed by atoms with van der Waals surface area (Å²) in [6.07, 6.45) is 5.59. The number of hydrogen-bond donors (Lipinski definition) is 1. The van der Waals surface area contributed by atoms with Gasteiger partial charge in [-0.3, -0.25) is 14.9 Å². The first-order valence-corrected chi connectivity index (χ1v) is 9.18. The predicted molar refractivity (Wildman–Crippen MR) is 96.0 cm³/mol. The first-order valence-electron chi connectivity index (χ1n) is 9.18. The van der Waals surface area contributed by atoms with Crippen molar-refractivity contribution in [3.8, 4) is 5.69 Å². The van der Waals surface area contributed by atoms with Gasteiger partial charge in [0.2, 0.25) is 0 Å². The fourth-order valence-electron chi connectivity index (χ4n) is 4.34. The number of nitro groups is 1. The van der Waals surface area contributed by atoms with Gasteiger partial charge in [0.15, 0.2) is 5.69 Å². The van der Waals surface area contributed by atoms with Crippen molar-refractivity contribution in [3.05, 3.63) is 46.3 Å². The largest absolute Gasteiger partial charge is 0.480 e. The molecule has 0 bridgehead atoms. The lowest BCUT2D eigenvalue weighted by Gasteiger charge is -2.32. The minimum absolute atomic E-state index is 0.0315. The number of carbonyl (C=O) groups is 2. The Labute approximate surface area is 159 Å². The van der Waals surface area contributed by atoms with Crippen molar-refractivity contribution in [2.45, 2.75) is 44.2 Å². The van der Waals surface area contributed by atoms with Gasteiger partial charge >= 0.3 is 5.97 Å². The van der Waals surface area contributed by atoms with Crippen LogP contribution in [0.25, 0.3) is 5.69 Å². The molecular weight excluding hydrogens is 366 g/mol. The molecule has 1 aromatic heterocycles. The molecule has 1 aliphatic carbocycles. The maximum atomic E-state index is 13.1. The van der Waals surface area contributed by atoms with Crippen LogP contribution in [0.15, 0.2) is 30.5 Å². The quantitative estimate of drug-likeness (QED) is 0.629. The van der Waals surface area contributed by atoms with Gasteiger partial charge in [-0.15, -0.1) is 5.10 Å².